The van der Waals surface area contributed by atoms with E-state index in [0.717, 1.165) is 0 Å². The Hall–Kier alpha value is -3.35. The number of carbonyl (C=O) groups excluding carboxylic acids is 1. The second-order valence-corrected chi connectivity index (χ2v) is 4.77. The molecule has 0 saturated heterocycles. The third-order valence-corrected chi connectivity index (χ3v) is 3.25. The molecule has 2 aromatic carbocycles. The van der Waals surface area contributed by atoms with Crippen LogP contribution in [0.2, 0.25) is 0 Å². The number of carbonyl (C=O) groups is 1. The Morgan fingerprint density at radius 3 is 2.48 bits per heavy atom. The Morgan fingerprint density at radius 1 is 1.13 bits per heavy atom. The normalized spacial score (nSPS) is 15.4. The van der Waals surface area contributed by atoms with Crippen molar-refractivity contribution in [1.82, 2.24) is 5.32 Å². The number of nitrogens with zero attached hydrogens (tertiary/aromatic N) is 2. The van der Waals surface area contributed by atoms with Gasteiger partial charge in [0.1, 0.15) is 17.3 Å². The molecule has 1 aliphatic heterocycles. The number of hydrogen-bond donors (Lipinski definition) is 1. The summed E-state index contributed by atoms with van der Waals surface area (Å²) in [5.74, 6) is -0.638. The highest BCUT2D eigenvalue weighted by Gasteiger charge is 2.22. The van der Waals surface area contributed by atoms with Crippen LogP contribution < -0.4 is 5.32 Å². The van der Waals surface area contributed by atoms with Crippen LogP contribution in [0.1, 0.15) is 11.1 Å². The fraction of sp³-hybridized carbons (Fsp3) is 0. The molecule has 114 valence electrons. The number of nitro benzene ring substituents is 1. The van der Waals surface area contributed by atoms with Crippen LogP contribution in [0.15, 0.2) is 59.2 Å². The van der Waals surface area contributed by atoms with E-state index in [9.17, 15) is 19.3 Å². The van der Waals surface area contributed by atoms with Gasteiger partial charge in [-0.15, -0.1) is 0 Å². The second-order valence-electron chi connectivity index (χ2n) is 4.77. The summed E-state index contributed by atoms with van der Waals surface area (Å²) in [7, 11) is 0. The van der Waals surface area contributed by atoms with Crippen LogP contribution in [-0.2, 0) is 4.79 Å². The summed E-state index contributed by atoms with van der Waals surface area (Å²) in [4.78, 5) is 26.2. The first-order valence-electron chi connectivity index (χ1n) is 6.66. The Labute approximate surface area is 130 Å². The van der Waals surface area contributed by atoms with Crippen LogP contribution in [0.4, 0.5) is 10.1 Å². The van der Waals surface area contributed by atoms with E-state index in [2.05, 4.69) is 10.3 Å². The number of halogens is 1. The SMILES string of the molecule is O=C1NC(c2ccc([N+](=O)[O-])cc2)=N/C1=C/c1ccccc1F. The van der Waals surface area contributed by atoms with Crippen LogP contribution in [0.5, 0.6) is 0 Å². The van der Waals surface area contributed by atoms with Gasteiger partial charge in [0.05, 0.1) is 4.92 Å². The molecule has 0 fully saturated rings. The van der Waals surface area contributed by atoms with Gasteiger partial charge in [0.2, 0.25) is 0 Å². The van der Waals surface area contributed by atoms with Crippen LogP contribution >= 0.6 is 0 Å². The minimum atomic E-state index is -0.512. The van der Waals surface area contributed by atoms with Gasteiger partial charge in [-0.3, -0.25) is 14.9 Å². The number of nitro groups is 1. The van der Waals surface area contributed by atoms with Gasteiger partial charge >= 0.3 is 0 Å². The summed E-state index contributed by atoms with van der Waals surface area (Å²) >= 11 is 0. The van der Waals surface area contributed by atoms with Gasteiger partial charge in [0, 0.05) is 23.3 Å². The molecule has 7 heteroatoms. The zero-order valence-electron chi connectivity index (χ0n) is 11.7. The van der Waals surface area contributed by atoms with E-state index in [1.807, 2.05) is 0 Å². The molecule has 1 N–H and O–H groups in total. The van der Waals surface area contributed by atoms with Gasteiger partial charge in [-0.1, -0.05) is 18.2 Å². The van der Waals surface area contributed by atoms with Crippen molar-refractivity contribution in [3.63, 3.8) is 0 Å². The molecule has 0 atom stereocenters. The highest BCUT2D eigenvalue weighted by Crippen LogP contribution is 2.18. The molecule has 2 aromatic rings. The molecule has 0 bridgehead atoms. The van der Waals surface area contributed by atoms with Gasteiger partial charge in [0.15, 0.2) is 0 Å². The summed E-state index contributed by atoms with van der Waals surface area (Å²) in [6, 6.07) is 11.7. The quantitative estimate of drug-likeness (QED) is 0.537. The predicted octanol–water partition coefficient (Wildman–Crippen LogP) is 2.65. The lowest BCUT2D eigenvalue weighted by Crippen LogP contribution is -2.24. The fourth-order valence-electron chi connectivity index (χ4n) is 2.09. The number of benzene rings is 2. The topological polar surface area (TPSA) is 84.6 Å². The third kappa shape index (κ3) is 2.98. The zero-order valence-corrected chi connectivity index (χ0v) is 11.7. The minimum absolute atomic E-state index is 0.0548. The largest absolute Gasteiger partial charge is 0.305 e. The van der Waals surface area contributed by atoms with Crippen LogP contribution in [0.25, 0.3) is 6.08 Å². The van der Waals surface area contributed by atoms with Gasteiger partial charge in [-0.25, -0.2) is 9.38 Å². The molecular weight excluding hydrogens is 301 g/mol. The van der Waals surface area contributed by atoms with E-state index in [1.54, 1.807) is 12.1 Å². The van der Waals surface area contributed by atoms with E-state index < -0.39 is 16.6 Å². The van der Waals surface area contributed by atoms with Crippen molar-refractivity contribution >= 4 is 23.5 Å². The lowest BCUT2D eigenvalue weighted by molar-refractivity contribution is -0.384. The van der Waals surface area contributed by atoms with Crippen molar-refractivity contribution in [2.24, 2.45) is 4.99 Å². The number of amidine groups is 1. The van der Waals surface area contributed by atoms with E-state index in [-0.39, 0.29) is 22.8 Å². The van der Waals surface area contributed by atoms with Gasteiger partial charge in [0.25, 0.3) is 11.6 Å². The van der Waals surface area contributed by atoms with Crippen molar-refractivity contribution < 1.29 is 14.1 Å². The van der Waals surface area contributed by atoms with Gasteiger partial charge in [-0.05, 0) is 24.3 Å². The molecule has 1 amide bonds. The number of rotatable bonds is 3. The summed E-state index contributed by atoms with van der Waals surface area (Å²) in [6.07, 6.45) is 1.35. The first-order chi connectivity index (χ1) is 11.0. The average Bonchev–Trinajstić information content (AvgIpc) is 2.91. The van der Waals surface area contributed by atoms with Crippen molar-refractivity contribution in [2.75, 3.05) is 0 Å². The lowest BCUT2D eigenvalue weighted by atomic mass is 10.2. The zero-order chi connectivity index (χ0) is 16.4. The highest BCUT2D eigenvalue weighted by atomic mass is 19.1. The predicted molar refractivity (Wildman–Crippen MR) is 82.2 cm³/mol. The molecule has 0 aliphatic carbocycles. The Kier molecular flexibility index (Phi) is 3.68. The molecule has 3 rings (SSSR count). The first kappa shape index (κ1) is 14.6. The second kappa shape index (κ2) is 5.80. The highest BCUT2D eigenvalue weighted by molar-refractivity contribution is 6.19. The van der Waals surface area contributed by atoms with Crippen molar-refractivity contribution in [3.8, 4) is 0 Å². The maximum absolute atomic E-state index is 13.6. The van der Waals surface area contributed by atoms with E-state index in [1.165, 1.54) is 42.5 Å². The summed E-state index contributed by atoms with van der Waals surface area (Å²) in [5.41, 5.74) is 0.802. The average molecular weight is 311 g/mol. The smallest absolute Gasteiger partial charge is 0.275 e. The standard InChI is InChI=1S/C16H10FN3O3/c17-13-4-2-1-3-11(13)9-14-16(21)19-15(18-14)10-5-7-12(8-6-10)20(22)23/h1-9H,(H,18,19,21)/b14-9+. The Balaban J connectivity index is 1.92. The summed E-state index contributed by atoms with van der Waals surface area (Å²) < 4.78 is 13.6. The van der Waals surface area contributed by atoms with E-state index in [4.69, 9.17) is 0 Å². The molecule has 0 aromatic heterocycles. The third-order valence-electron chi connectivity index (χ3n) is 3.25. The van der Waals surface area contributed by atoms with Gasteiger partial charge < -0.3 is 5.32 Å². The first-order valence-corrected chi connectivity index (χ1v) is 6.66. The summed E-state index contributed by atoms with van der Waals surface area (Å²) in [6.45, 7) is 0. The lowest BCUT2D eigenvalue weighted by Gasteiger charge is -1.99. The molecular formula is C16H10FN3O3. The number of non-ortho nitro benzene ring substituents is 1. The number of nitrogens with one attached hydrogen (secondary N) is 1. The molecule has 6 nitrogen and oxygen atoms in total. The van der Waals surface area contributed by atoms with Crippen LogP contribution in [0.3, 0.4) is 0 Å². The minimum Gasteiger partial charge on any atom is -0.305 e. The molecule has 1 heterocycles. The molecule has 0 spiro atoms. The number of hydrogen-bond acceptors (Lipinski definition) is 4. The van der Waals surface area contributed by atoms with Crippen LogP contribution in [-0.4, -0.2) is 16.7 Å². The molecule has 23 heavy (non-hydrogen) atoms. The van der Waals surface area contributed by atoms with Crippen LogP contribution in [0, 0.1) is 15.9 Å². The van der Waals surface area contributed by atoms with Gasteiger partial charge in [-0.2, -0.15) is 0 Å². The number of aliphatic imine (C=N–C) groups is 1. The molecule has 0 radical (unpaired) electrons. The maximum atomic E-state index is 13.6. The molecule has 0 unspecified atom stereocenters. The van der Waals surface area contributed by atoms with Crippen molar-refractivity contribution in [3.05, 3.63) is 81.3 Å². The van der Waals surface area contributed by atoms with Crippen molar-refractivity contribution in [2.45, 2.75) is 0 Å². The maximum Gasteiger partial charge on any atom is 0.275 e. The van der Waals surface area contributed by atoms with Crippen molar-refractivity contribution in [1.29, 1.82) is 0 Å². The Morgan fingerprint density at radius 2 is 1.83 bits per heavy atom. The van der Waals surface area contributed by atoms with E-state index in [0.29, 0.717) is 5.56 Å². The van der Waals surface area contributed by atoms with E-state index >= 15 is 0 Å². The molecule has 0 saturated carbocycles. The fourth-order valence-corrected chi connectivity index (χ4v) is 2.09. The Bertz CT molecular complexity index is 857. The monoisotopic (exact) mass is 311 g/mol. The molecule has 1 aliphatic rings. The summed E-state index contributed by atoms with van der Waals surface area (Å²) in [5, 5.41) is 13.2. The number of amides is 1.